The molecule has 3 atom stereocenters. The zero-order valence-corrected chi connectivity index (χ0v) is 53.2. The predicted molar refractivity (Wildman–Crippen MR) is 335 cm³/mol. The zero-order chi connectivity index (χ0) is 58.3. The summed E-state index contributed by atoms with van der Waals surface area (Å²) >= 11 is 0. The first-order valence-corrected chi connectivity index (χ1v) is 35.4. The van der Waals surface area contributed by atoms with E-state index in [-0.39, 0.29) is 25.9 Å². The standard InChI is InChI=1S/C68H127O11P/c1-4-7-10-13-16-19-22-25-28-31-32-35-38-41-44-47-50-53-56-59-68(72)79-65(61-75-66(70)57-54-51-48-45-42-39-36-33-29-26-23-20-17-14-11-8-5-2)63-77-80(73,74)76-62-64(60-69)78-67(71)58-55-52-49-46-43-40-37-34-30-27-24-21-18-15-12-9-6-3/h8,11,17,20,26,29,64-65,69H,4-7,9-10,12-16,18-19,21-25,27-28,30-63H2,1-3H3,(H,73,74)/b11-8-,20-17-,29-26-. The Balaban J connectivity index is 4.64. The van der Waals surface area contributed by atoms with E-state index < -0.39 is 57.8 Å². The van der Waals surface area contributed by atoms with Crippen molar-refractivity contribution < 1.29 is 52.2 Å². The van der Waals surface area contributed by atoms with Crippen molar-refractivity contribution in [2.75, 3.05) is 26.4 Å². The Morgan fingerprint density at radius 2 is 0.650 bits per heavy atom. The predicted octanol–water partition coefficient (Wildman–Crippen LogP) is 20.7. The van der Waals surface area contributed by atoms with Gasteiger partial charge in [-0.3, -0.25) is 23.4 Å². The van der Waals surface area contributed by atoms with Crippen molar-refractivity contribution in [3.8, 4) is 0 Å². The van der Waals surface area contributed by atoms with Crippen molar-refractivity contribution in [1.29, 1.82) is 0 Å². The number of carbonyl (C=O) groups is 3. The van der Waals surface area contributed by atoms with Crippen LogP contribution in [0.5, 0.6) is 0 Å². The summed E-state index contributed by atoms with van der Waals surface area (Å²) in [5, 5.41) is 9.87. The second-order valence-corrected chi connectivity index (χ2v) is 24.4. The number of esters is 3. The second kappa shape index (κ2) is 62.7. The Morgan fingerprint density at radius 3 is 1.00 bits per heavy atom. The zero-order valence-electron chi connectivity index (χ0n) is 52.3. The van der Waals surface area contributed by atoms with Crippen LogP contribution < -0.4 is 0 Å². The minimum atomic E-state index is -4.75. The van der Waals surface area contributed by atoms with Crippen LogP contribution in [0.25, 0.3) is 0 Å². The van der Waals surface area contributed by atoms with E-state index in [4.69, 9.17) is 23.3 Å². The molecule has 0 aromatic heterocycles. The highest BCUT2D eigenvalue weighted by molar-refractivity contribution is 7.47. The van der Waals surface area contributed by atoms with Gasteiger partial charge in [-0.15, -0.1) is 0 Å². The number of allylic oxidation sites excluding steroid dienone is 6. The molecule has 0 amide bonds. The van der Waals surface area contributed by atoms with Gasteiger partial charge in [-0.1, -0.05) is 308 Å². The van der Waals surface area contributed by atoms with Gasteiger partial charge >= 0.3 is 25.7 Å². The van der Waals surface area contributed by atoms with Crippen molar-refractivity contribution in [1.82, 2.24) is 0 Å². The van der Waals surface area contributed by atoms with Crippen molar-refractivity contribution in [3.05, 3.63) is 36.5 Å². The molecule has 0 bridgehead atoms. The highest BCUT2D eigenvalue weighted by atomic mass is 31.2. The van der Waals surface area contributed by atoms with Crippen molar-refractivity contribution in [2.24, 2.45) is 0 Å². The number of phosphoric ester groups is 1. The lowest BCUT2D eigenvalue weighted by Crippen LogP contribution is -2.30. The summed E-state index contributed by atoms with van der Waals surface area (Å²) in [5.74, 6) is -1.44. The van der Waals surface area contributed by atoms with Gasteiger partial charge in [-0.25, -0.2) is 4.57 Å². The van der Waals surface area contributed by atoms with Gasteiger partial charge < -0.3 is 24.2 Å². The average molecular weight is 1150 g/mol. The molecule has 0 rings (SSSR count). The number of rotatable bonds is 64. The van der Waals surface area contributed by atoms with E-state index in [1.54, 1.807) is 0 Å². The number of hydrogen-bond acceptors (Lipinski definition) is 10. The molecule has 3 unspecified atom stereocenters. The topological polar surface area (TPSA) is 155 Å². The number of carbonyl (C=O) groups excluding carboxylic acids is 3. The molecule has 0 aromatic carbocycles. The maximum absolute atomic E-state index is 13.0. The molecule has 0 saturated heterocycles. The minimum absolute atomic E-state index is 0.172. The van der Waals surface area contributed by atoms with Crippen LogP contribution in [0.15, 0.2) is 36.5 Å². The molecule has 0 fully saturated rings. The quantitative estimate of drug-likeness (QED) is 0.0197. The Hall–Kier alpha value is -2.30. The summed E-state index contributed by atoms with van der Waals surface area (Å²) < 4.78 is 39.8. The molecule has 470 valence electrons. The molecule has 0 aliphatic rings. The van der Waals surface area contributed by atoms with Crippen molar-refractivity contribution >= 4 is 25.7 Å². The van der Waals surface area contributed by atoms with Gasteiger partial charge in [0.15, 0.2) is 6.10 Å². The summed E-state index contributed by atoms with van der Waals surface area (Å²) in [6.45, 7) is 4.62. The summed E-state index contributed by atoms with van der Waals surface area (Å²) in [6, 6.07) is 0. The molecule has 0 heterocycles. The largest absolute Gasteiger partial charge is 0.472 e. The molecule has 11 nitrogen and oxygen atoms in total. The van der Waals surface area contributed by atoms with Gasteiger partial charge in [0, 0.05) is 19.3 Å². The average Bonchev–Trinajstić information content (AvgIpc) is 3.45. The number of ether oxygens (including phenoxy) is 3. The van der Waals surface area contributed by atoms with Crippen LogP contribution in [0.2, 0.25) is 0 Å². The fraction of sp³-hybridized carbons (Fsp3) is 0.868. The number of unbranched alkanes of at least 4 members (excludes halogenated alkanes) is 41. The number of aliphatic hydroxyl groups excluding tert-OH is 1. The van der Waals surface area contributed by atoms with Crippen molar-refractivity contribution in [2.45, 2.75) is 354 Å². The monoisotopic (exact) mass is 1150 g/mol. The van der Waals surface area contributed by atoms with E-state index in [0.717, 1.165) is 83.5 Å². The molecule has 0 aliphatic heterocycles. The highest BCUT2D eigenvalue weighted by Crippen LogP contribution is 2.43. The van der Waals surface area contributed by atoms with Crippen LogP contribution in [0, 0.1) is 0 Å². The summed E-state index contributed by atoms with van der Waals surface area (Å²) in [6.07, 6.45) is 68.1. The van der Waals surface area contributed by atoms with Gasteiger partial charge in [-0.2, -0.15) is 0 Å². The Labute approximate surface area is 492 Å². The maximum Gasteiger partial charge on any atom is 0.472 e. The van der Waals surface area contributed by atoms with Crippen LogP contribution in [0.1, 0.15) is 342 Å². The normalized spacial score (nSPS) is 13.4. The summed E-state index contributed by atoms with van der Waals surface area (Å²) in [5.41, 5.74) is 0. The number of hydrogen-bond donors (Lipinski definition) is 2. The maximum atomic E-state index is 13.0. The molecule has 80 heavy (non-hydrogen) atoms. The SMILES string of the molecule is CC/C=C\C/C=C\C/C=C\CCCCCCCCCC(=O)OCC(COP(=O)(O)OCC(CO)OC(=O)CCCCCCCCCCCCCCCCCCC)OC(=O)CCCCCCCCCCCCCCCCCCCCC. The van der Waals surface area contributed by atoms with E-state index in [1.165, 1.54) is 199 Å². The molecule has 12 heteroatoms. The van der Waals surface area contributed by atoms with Gasteiger partial charge in [0.05, 0.1) is 19.8 Å². The smallest absolute Gasteiger partial charge is 0.462 e. The van der Waals surface area contributed by atoms with E-state index in [0.29, 0.717) is 19.3 Å². The molecular weight excluding hydrogens is 1020 g/mol. The molecule has 2 N–H and O–H groups in total. The third-order valence-electron chi connectivity index (χ3n) is 15.1. The molecule has 0 radical (unpaired) electrons. The molecular formula is C68H127O11P. The first-order valence-electron chi connectivity index (χ1n) is 33.9. The van der Waals surface area contributed by atoms with Crippen LogP contribution in [0.3, 0.4) is 0 Å². The number of phosphoric acid groups is 1. The fourth-order valence-electron chi connectivity index (χ4n) is 9.96. The van der Waals surface area contributed by atoms with Crippen LogP contribution in [-0.4, -0.2) is 66.5 Å². The Morgan fingerprint density at radius 1 is 0.362 bits per heavy atom. The molecule has 0 aromatic rings. The highest BCUT2D eigenvalue weighted by Gasteiger charge is 2.28. The fourth-order valence-corrected chi connectivity index (χ4v) is 10.7. The Kier molecular flexibility index (Phi) is 60.9. The van der Waals surface area contributed by atoms with Gasteiger partial charge in [-0.05, 0) is 51.4 Å². The molecule has 0 spiro atoms. The summed E-state index contributed by atoms with van der Waals surface area (Å²) in [4.78, 5) is 48.8. The van der Waals surface area contributed by atoms with E-state index >= 15 is 0 Å². The first kappa shape index (κ1) is 77.7. The van der Waals surface area contributed by atoms with Crippen LogP contribution in [0.4, 0.5) is 0 Å². The lowest BCUT2D eigenvalue weighted by Gasteiger charge is -2.21. The second-order valence-electron chi connectivity index (χ2n) is 23.0. The Bertz CT molecular complexity index is 1480. The third-order valence-corrected chi connectivity index (χ3v) is 16.0. The van der Waals surface area contributed by atoms with Gasteiger partial charge in [0.2, 0.25) is 0 Å². The van der Waals surface area contributed by atoms with E-state index in [1.807, 2.05) is 0 Å². The molecule has 0 aliphatic carbocycles. The van der Waals surface area contributed by atoms with Gasteiger partial charge in [0.25, 0.3) is 0 Å². The first-order chi connectivity index (χ1) is 39.2. The minimum Gasteiger partial charge on any atom is -0.462 e. The third kappa shape index (κ3) is 60.3. The molecule has 0 saturated carbocycles. The number of aliphatic hydroxyl groups is 1. The van der Waals surface area contributed by atoms with Crippen LogP contribution >= 0.6 is 7.82 Å². The van der Waals surface area contributed by atoms with Crippen molar-refractivity contribution in [3.63, 3.8) is 0 Å². The van der Waals surface area contributed by atoms with E-state index in [2.05, 4.69) is 57.2 Å². The van der Waals surface area contributed by atoms with Gasteiger partial charge in [0.1, 0.15) is 12.7 Å². The summed E-state index contributed by atoms with van der Waals surface area (Å²) in [7, 11) is -4.75. The van der Waals surface area contributed by atoms with Crippen LogP contribution in [-0.2, 0) is 42.2 Å². The lowest BCUT2D eigenvalue weighted by molar-refractivity contribution is -0.161. The lowest BCUT2D eigenvalue weighted by atomic mass is 10.0. The van der Waals surface area contributed by atoms with E-state index in [9.17, 15) is 28.9 Å².